The Bertz CT molecular complexity index is 1130. The lowest BCUT2D eigenvalue weighted by Gasteiger charge is -2.19. The minimum atomic E-state index is -1.03. The lowest BCUT2D eigenvalue weighted by Crippen LogP contribution is -2.41. The standard InChI is InChI=1S/C26H31N3O3S/c1-16(2)13-24(26(31)32)29-25(30)22-12-11-19(28-15-17(3)33-27)14-23(22)21-10-6-8-18-7-4-5-9-20(18)21/h4-12,14,16-17,24,28H,13,15,27H2,1-3H3,(H,29,30)(H,31,32). The quantitative estimate of drug-likeness (QED) is 0.309. The van der Waals surface area contributed by atoms with Gasteiger partial charge in [-0.3, -0.25) is 9.93 Å². The van der Waals surface area contributed by atoms with Crippen LogP contribution in [0.5, 0.6) is 0 Å². The van der Waals surface area contributed by atoms with Crippen molar-refractivity contribution in [3.63, 3.8) is 0 Å². The molecule has 0 saturated heterocycles. The summed E-state index contributed by atoms with van der Waals surface area (Å²) in [5.74, 6) is -1.29. The van der Waals surface area contributed by atoms with Crippen molar-refractivity contribution in [2.24, 2.45) is 11.1 Å². The molecular formula is C26H31N3O3S. The van der Waals surface area contributed by atoms with Crippen molar-refractivity contribution in [3.8, 4) is 11.1 Å². The molecule has 1 amide bonds. The lowest BCUT2D eigenvalue weighted by atomic mass is 9.93. The van der Waals surface area contributed by atoms with Crippen LogP contribution in [0, 0.1) is 5.92 Å². The van der Waals surface area contributed by atoms with Crippen LogP contribution < -0.4 is 15.8 Å². The number of hydrogen-bond acceptors (Lipinski definition) is 5. The first kappa shape index (κ1) is 24.6. The molecule has 3 rings (SSSR count). The summed E-state index contributed by atoms with van der Waals surface area (Å²) in [5.41, 5.74) is 2.97. The molecule has 0 heterocycles. The highest BCUT2D eigenvalue weighted by Gasteiger charge is 2.24. The number of nitrogens with two attached hydrogens (primary N) is 1. The molecule has 174 valence electrons. The zero-order chi connectivity index (χ0) is 24.0. The third-order valence-corrected chi connectivity index (χ3v) is 6.11. The van der Waals surface area contributed by atoms with E-state index >= 15 is 0 Å². The Morgan fingerprint density at radius 2 is 1.73 bits per heavy atom. The Hall–Kier alpha value is -3.03. The number of amides is 1. The largest absolute Gasteiger partial charge is 0.480 e. The van der Waals surface area contributed by atoms with Crippen LogP contribution >= 0.6 is 11.9 Å². The first-order chi connectivity index (χ1) is 15.8. The number of anilines is 1. The molecule has 0 spiro atoms. The third-order valence-electron chi connectivity index (χ3n) is 5.48. The fourth-order valence-electron chi connectivity index (χ4n) is 3.77. The molecule has 33 heavy (non-hydrogen) atoms. The van der Waals surface area contributed by atoms with Gasteiger partial charge in [-0.2, -0.15) is 0 Å². The summed E-state index contributed by atoms with van der Waals surface area (Å²) in [6.07, 6.45) is 0.360. The maximum atomic E-state index is 13.3. The normalized spacial score (nSPS) is 13.0. The summed E-state index contributed by atoms with van der Waals surface area (Å²) in [5, 5.41) is 23.7. The molecule has 2 unspecified atom stereocenters. The second-order valence-corrected chi connectivity index (χ2v) is 9.69. The van der Waals surface area contributed by atoms with Crippen molar-refractivity contribution in [2.75, 3.05) is 11.9 Å². The number of benzene rings is 3. The van der Waals surface area contributed by atoms with Crippen LogP contribution in [0.1, 0.15) is 37.6 Å². The molecule has 0 aliphatic rings. The number of carboxylic acid groups (broad SMARTS) is 1. The van der Waals surface area contributed by atoms with Gasteiger partial charge in [0, 0.05) is 23.0 Å². The Balaban J connectivity index is 2.05. The highest BCUT2D eigenvalue weighted by molar-refractivity contribution is 7.97. The van der Waals surface area contributed by atoms with Crippen LogP contribution in [0.15, 0.2) is 60.7 Å². The van der Waals surface area contributed by atoms with Gasteiger partial charge in [-0.25, -0.2) is 4.79 Å². The lowest BCUT2D eigenvalue weighted by molar-refractivity contribution is -0.139. The Morgan fingerprint density at radius 3 is 2.42 bits per heavy atom. The molecule has 0 bridgehead atoms. The average molecular weight is 466 g/mol. The summed E-state index contributed by atoms with van der Waals surface area (Å²) in [6, 6.07) is 18.6. The van der Waals surface area contributed by atoms with Crippen LogP contribution in [-0.4, -0.2) is 34.8 Å². The van der Waals surface area contributed by atoms with Gasteiger partial charge < -0.3 is 15.7 Å². The molecule has 3 aromatic rings. The highest BCUT2D eigenvalue weighted by Crippen LogP contribution is 2.33. The first-order valence-electron chi connectivity index (χ1n) is 11.1. The minimum Gasteiger partial charge on any atom is -0.480 e. The van der Waals surface area contributed by atoms with Crippen LogP contribution in [0.25, 0.3) is 21.9 Å². The molecule has 7 heteroatoms. The molecule has 5 N–H and O–H groups in total. The van der Waals surface area contributed by atoms with Gasteiger partial charge >= 0.3 is 5.97 Å². The van der Waals surface area contributed by atoms with Gasteiger partial charge in [0.1, 0.15) is 6.04 Å². The van der Waals surface area contributed by atoms with Gasteiger partial charge in [-0.1, -0.05) is 75.2 Å². The molecule has 0 radical (unpaired) electrons. The van der Waals surface area contributed by atoms with E-state index in [1.54, 1.807) is 6.07 Å². The molecule has 6 nitrogen and oxygen atoms in total. The summed E-state index contributed by atoms with van der Waals surface area (Å²) in [7, 11) is 0. The SMILES string of the molecule is CC(C)CC(NC(=O)c1ccc(NCC(C)SN)cc1-c1cccc2ccccc12)C(=O)O. The number of nitrogens with one attached hydrogen (secondary N) is 2. The van der Waals surface area contributed by atoms with Crippen LogP contribution in [0.3, 0.4) is 0 Å². The van der Waals surface area contributed by atoms with E-state index in [0.29, 0.717) is 18.5 Å². The molecule has 2 atom stereocenters. The summed E-state index contributed by atoms with van der Waals surface area (Å²) < 4.78 is 0. The van der Waals surface area contributed by atoms with Crippen LogP contribution in [-0.2, 0) is 4.79 Å². The number of hydrogen-bond donors (Lipinski definition) is 4. The van der Waals surface area contributed by atoms with Crippen molar-refractivity contribution in [2.45, 2.75) is 38.5 Å². The van der Waals surface area contributed by atoms with E-state index in [0.717, 1.165) is 27.6 Å². The van der Waals surface area contributed by atoms with Crippen LogP contribution in [0.2, 0.25) is 0 Å². The summed E-state index contributed by atoms with van der Waals surface area (Å²) in [4.78, 5) is 25.0. The zero-order valence-electron chi connectivity index (χ0n) is 19.2. The fraction of sp³-hybridized carbons (Fsp3) is 0.308. The summed E-state index contributed by atoms with van der Waals surface area (Å²) in [6.45, 7) is 6.58. The van der Waals surface area contributed by atoms with Crippen molar-refractivity contribution >= 4 is 40.3 Å². The molecular weight excluding hydrogens is 434 g/mol. The molecule has 0 aliphatic carbocycles. The van der Waals surface area contributed by atoms with E-state index in [1.807, 2.05) is 75.4 Å². The highest BCUT2D eigenvalue weighted by atomic mass is 32.2. The zero-order valence-corrected chi connectivity index (χ0v) is 20.0. The molecule has 0 saturated carbocycles. The van der Waals surface area contributed by atoms with E-state index in [-0.39, 0.29) is 11.2 Å². The van der Waals surface area contributed by atoms with Gasteiger partial charge in [0.25, 0.3) is 5.91 Å². The molecule has 3 aromatic carbocycles. The van der Waals surface area contributed by atoms with Gasteiger partial charge in [0.2, 0.25) is 0 Å². The summed E-state index contributed by atoms with van der Waals surface area (Å²) >= 11 is 1.29. The smallest absolute Gasteiger partial charge is 0.326 e. The van der Waals surface area contributed by atoms with E-state index in [2.05, 4.69) is 10.6 Å². The first-order valence-corrected chi connectivity index (χ1v) is 12.0. The second kappa shape index (κ2) is 11.2. The predicted octanol–water partition coefficient (Wildman–Crippen LogP) is 5.14. The number of rotatable bonds is 10. The maximum Gasteiger partial charge on any atom is 0.326 e. The number of carbonyl (C=O) groups is 2. The van der Waals surface area contributed by atoms with Gasteiger partial charge in [-0.15, -0.1) is 0 Å². The Labute approximate surface area is 199 Å². The van der Waals surface area contributed by atoms with Gasteiger partial charge in [-0.05, 0) is 52.4 Å². The fourth-order valence-corrected chi connectivity index (χ4v) is 3.95. The van der Waals surface area contributed by atoms with E-state index in [4.69, 9.17) is 5.14 Å². The van der Waals surface area contributed by atoms with Crippen molar-refractivity contribution < 1.29 is 14.7 Å². The Morgan fingerprint density at radius 1 is 1.00 bits per heavy atom. The molecule has 0 aliphatic heterocycles. The monoisotopic (exact) mass is 465 g/mol. The number of aliphatic carboxylic acids is 1. The molecule has 0 aromatic heterocycles. The maximum absolute atomic E-state index is 13.3. The number of carbonyl (C=O) groups excluding carboxylic acids is 1. The minimum absolute atomic E-state index is 0.137. The Kier molecular flexibility index (Phi) is 8.36. The van der Waals surface area contributed by atoms with Crippen LogP contribution in [0.4, 0.5) is 5.69 Å². The third kappa shape index (κ3) is 6.27. The van der Waals surface area contributed by atoms with E-state index in [9.17, 15) is 14.7 Å². The van der Waals surface area contributed by atoms with E-state index in [1.165, 1.54) is 11.9 Å². The van der Waals surface area contributed by atoms with Crippen molar-refractivity contribution in [1.82, 2.24) is 5.32 Å². The predicted molar refractivity (Wildman–Crippen MR) is 137 cm³/mol. The number of fused-ring (bicyclic) bond motifs is 1. The van der Waals surface area contributed by atoms with Crippen molar-refractivity contribution in [1.29, 1.82) is 0 Å². The van der Waals surface area contributed by atoms with Gasteiger partial charge in [0.05, 0.1) is 0 Å². The molecule has 0 fully saturated rings. The average Bonchev–Trinajstić information content (AvgIpc) is 2.81. The second-order valence-electron chi connectivity index (χ2n) is 8.61. The number of carboxylic acids is 1. The van der Waals surface area contributed by atoms with Gasteiger partial charge in [0.15, 0.2) is 0 Å². The van der Waals surface area contributed by atoms with E-state index < -0.39 is 17.9 Å². The topological polar surface area (TPSA) is 104 Å². The van der Waals surface area contributed by atoms with Crippen molar-refractivity contribution in [3.05, 3.63) is 66.2 Å².